The van der Waals surface area contributed by atoms with Gasteiger partial charge in [0.25, 0.3) is 0 Å². The molecule has 0 radical (unpaired) electrons. The van der Waals surface area contributed by atoms with Crippen molar-refractivity contribution < 1.29 is 23.0 Å². The quantitative estimate of drug-likeness (QED) is 0.920. The van der Waals surface area contributed by atoms with E-state index in [1.54, 1.807) is 36.4 Å². The second-order valence-corrected chi connectivity index (χ2v) is 3.90. The summed E-state index contributed by atoms with van der Waals surface area (Å²) >= 11 is 0. The van der Waals surface area contributed by atoms with Gasteiger partial charge in [-0.1, -0.05) is 48.5 Å². The Morgan fingerprint density at radius 3 is 2.11 bits per heavy atom. The topological polar surface area (TPSA) is 29.5 Å². The maximum Gasteiger partial charge on any atom is 0.573 e. The van der Waals surface area contributed by atoms with Gasteiger partial charge in [-0.25, -0.2) is 0 Å². The van der Waals surface area contributed by atoms with Crippen molar-refractivity contribution in [2.45, 2.75) is 12.5 Å². The third-order valence-corrected chi connectivity index (χ3v) is 2.55. The Morgan fingerprint density at radius 1 is 0.895 bits per heavy atom. The van der Waals surface area contributed by atoms with Crippen LogP contribution in [0.1, 0.15) is 17.2 Å². The van der Waals surface area contributed by atoms with Gasteiger partial charge in [-0.05, 0) is 11.6 Å². The third kappa shape index (κ3) is 3.48. The number of alkyl halides is 3. The molecule has 1 unspecified atom stereocenters. The Balaban J connectivity index is 2.35. The third-order valence-electron chi connectivity index (χ3n) is 2.55. The number of ether oxygens (including phenoxy) is 1. The minimum Gasteiger partial charge on any atom is -0.405 e. The molecule has 0 aliphatic rings. The van der Waals surface area contributed by atoms with Crippen LogP contribution in [0.15, 0.2) is 54.6 Å². The minimum atomic E-state index is -4.79. The lowest BCUT2D eigenvalue weighted by Crippen LogP contribution is -2.18. The average Bonchev–Trinajstić information content (AvgIpc) is 2.38. The smallest absolute Gasteiger partial charge is 0.405 e. The van der Waals surface area contributed by atoms with Crippen molar-refractivity contribution in [1.82, 2.24) is 0 Å². The van der Waals surface area contributed by atoms with Gasteiger partial charge in [0.05, 0.1) is 0 Å². The lowest BCUT2D eigenvalue weighted by Gasteiger charge is -2.17. The SMILES string of the molecule is OC(c1ccccc1)c1ccccc1OC(F)(F)F. The van der Waals surface area contributed by atoms with E-state index in [9.17, 15) is 18.3 Å². The number of halogens is 3. The molecule has 2 aromatic rings. The van der Waals surface area contributed by atoms with Gasteiger partial charge in [0.1, 0.15) is 11.9 Å². The summed E-state index contributed by atoms with van der Waals surface area (Å²) in [4.78, 5) is 0. The lowest BCUT2D eigenvalue weighted by atomic mass is 10.0. The summed E-state index contributed by atoms with van der Waals surface area (Å²) < 4.78 is 40.8. The van der Waals surface area contributed by atoms with E-state index in [1.165, 1.54) is 18.2 Å². The molecule has 2 rings (SSSR count). The first-order valence-electron chi connectivity index (χ1n) is 5.55. The molecular formula is C14H11F3O2. The molecule has 100 valence electrons. The summed E-state index contributed by atoms with van der Waals surface area (Å²) in [7, 11) is 0. The Hall–Kier alpha value is -2.01. The van der Waals surface area contributed by atoms with Crippen molar-refractivity contribution in [2.24, 2.45) is 0 Å². The van der Waals surface area contributed by atoms with Crippen LogP contribution < -0.4 is 4.74 Å². The van der Waals surface area contributed by atoms with Gasteiger partial charge >= 0.3 is 6.36 Å². The van der Waals surface area contributed by atoms with Crippen molar-refractivity contribution in [3.05, 3.63) is 65.7 Å². The van der Waals surface area contributed by atoms with E-state index in [0.29, 0.717) is 5.56 Å². The number of aliphatic hydroxyl groups excluding tert-OH is 1. The first kappa shape index (κ1) is 13.4. The molecule has 1 N–H and O–H groups in total. The maximum atomic E-state index is 12.3. The molecule has 0 bridgehead atoms. The zero-order chi connectivity index (χ0) is 13.9. The highest BCUT2D eigenvalue weighted by molar-refractivity contribution is 5.40. The fourth-order valence-electron chi connectivity index (χ4n) is 1.74. The van der Waals surface area contributed by atoms with Gasteiger partial charge < -0.3 is 9.84 Å². The highest BCUT2D eigenvalue weighted by atomic mass is 19.4. The summed E-state index contributed by atoms with van der Waals surface area (Å²) in [5.41, 5.74) is 0.576. The predicted octanol–water partition coefficient (Wildman–Crippen LogP) is 3.67. The Bertz CT molecular complexity index is 538. The van der Waals surface area contributed by atoms with Crippen LogP contribution in [-0.4, -0.2) is 11.5 Å². The molecule has 0 fully saturated rings. The Morgan fingerprint density at radius 2 is 1.47 bits per heavy atom. The van der Waals surface area contributed by atoms with Gasteiger partial charge in [-0.15, -0.1) is 13.2 Å². The number of rotatable bonds is 3. The van der Waals surface area contributed by atoms with Gasteiger partial charge in [0.15, 0.2) is 0 Å². The summed E-state index contributed by atoms with van der Waals surface area (Å²) in [5, 5.41) is 10.1. The average molecular weight is 268 g/mol. The molecule has 0 spiro atoms. The molecule has 2 nitrogen and oxygen atoms in total. The molecule has 0 saturated carbocycles. The van der Waals surface area contributed by atoms with Crippen molar-refractivity contribution in [3.63, 3.8) is 0 Å². The highest BCUT2D eigenvalue weighted by Gasteiger charge is 2.32. The first-order valence-corrected chi connectivity index (χ1v) is 5.55. The van der Waals surface area contributed by atoms with Crippen molar-refractivity contribution >= 4 is 0 Å². The van der Waals surface area contributed by atoms with Crippen LogP contribution in [0.2, 0.25) is 0 Å². The van der Waals surface area contributed by atoms with Crippen LogP contribution in [0.4, 0.5) is 13.2 Å². The molecule has 0 amide bonds. The summed E-state index contributed by atoms with van der Waals surface area (Å²) in [6.07, 6.45) is -5.95. The fourth-order valence-corrected chi connectivity index (χ4v) is 1.74. The fraction of sp³-hybridized carbons (Fsp3) is 0.143. The molecule has 0 aromatic heterocycles. The second-order valence-electron chi connectivity index (χ2n) is 3.90. The summed E-state index contributed by atoms with van der Waals surface area (Å²) in [6.45, 7) is 0. The molecular weight excluding hydrogens is 257 g/mol. The number of para-hydroxylation sites is 1. The highest BCUT2D eigenvalue weighted by Crippen LogP contribution is 2.33. The van der Waals surface area contributed by atoms with Gasteiger partial charge in [0, 0.05) is 5.56 Å². The zero-order valence-electron chi connectivity index (χ0n) is 9.76. The van der Waals surface area contributed by atoms with Gasteiger partial charge in [0.2, 0.25) is 0 Å². The Kier molecular flexibility index (Phi) is 3.76. The summed E-state index contributed by atoms with van der Waals surface area (Å²) in [6, 6.07) is 14.0. The molecule has 1 atom stereocenters. The number of aliphatic hydroxyl groups is 1. The predicted molar refractivity (Wildman–Crippen MR) is 63.6 cm³/mol. The van der Waals surface area contributed by atoms with Crippen LogP contribution in [0.5, 0.6) is 5.75 Å². The van der Waals surface area contributed by atoms with Crippen molar-refractivity contribution in [3.8, 4) is 5.75 Å². The zero-order valence-corrected chi connectivity index (χ0v) is 9.76. The Labute approximate surface area is 108 Å². The molecule has 0 heterocycles. The van der Waals surface area contributed by atoms with E-state index in [4.69, 9.17) is 0 Å². The van der Waals surface area contributed by atoms with Gasteiger partial charge in [-0.3, -0.25) is 0 Å². The van der Waals surface area contributed by atoms with Crippen LogP contribution in [0, 0.1) is 0 Å². The number of hydrogen-bond donors (Lipinski definition) is 1. The lowest BCUT2D eigenvalue weighted by molar-refractivity contribution is -0.275. The molecule has 19 heavy (non-hydrogen) atoms. The van der Waals surface area contributed by atoms with Crippen molar-refractivity contribution in [2.75, 3.05) is 0 Å². The van der Waals surface area contributed by atoms with E-state index in [1.807, 2.05) is 0 Å². The normalized spacial score (nSPS) is 13.1. The number of hydrogen-bond acceptors (Lipinski definition) is 2. The summed E-state index contributed by atoms with van der Waals surface area (Å²) in [5.74, 6) is -0.397. The van der Waals surface area contributed by atoms with E-state index < -0.39 is 18.2 Å². The molecule has 0 aliphatic heterocycles. The van der Waals surface area contributed by atoms with E-state index in [0.717, 1.165) is 0 Å². The van der Waals surface area contributed by atoms with E-state index >= 15 is 0 Å². The monoisotopic (exact) mass is 268 g/mol. The molecule has 0 saturated heterocycles. The van der Waals surface area contributed by atoms with Crippen LogP contribution in [-0.2, 0) is 0 Å². The van der Waals surface area contributed by atoms with Gasteiger partial charge in [-0.2, -0.15) is 0 Å². The van der Waals surface area contributed by atoms with E-state index in [-0.39, 0.29) is 5.56 Å². The standard InChI is InChI=1S/C14H11F3O2/c15-14(16,17)19-12-9-5-4-8-11(12)13(18)10-6-2-1-3-7-10/h1-9,13,18H. The van der Waals surface area contributed by atoms with Crippen molar-refractivity contribution in [1.29, 1.82) is 0 Å². The molecule has 2 aromatic carbocycles. The number of benzene rings is 2. The molecule has 5 heteroatoms. The first-order chi connectivity index (χ1) is 8.97. The van der Waals surface area contributed by atoms with E-state index in [2.05, 4.69) is 4.74 Å². The maximum absolute atomic E-state index is 12.3. The van der Waals surface area contributed by atoms with Crippen LogP contribution in [0.25, 0.3) is 0 Å². The molecule has 0 aliphatic carbocycles. The van der Waals surface area contributed by atoms with Crippen LogP contribution in [0.3, 0.4) is 0 Å². The second kappa shape index (κ2) is 5.32. The largest absolute Gasteiger partial charge is 0.573 e. The van der Waals surface area contributed by atoms with Crippen LogP contribution >= 0.6 is 0 Å². The minimum absolute atomic E-state index is 0.0750.